The third kappa shape index (κ3) is 5.03. The topological polar surface area (TPSA) is 124 Å². The molecule has 3 aliphatic heterocycles. The molecule has 0 aromatic carbocycles. The minimum atomic E-state index is -2.24. The zero-order valence-corrected chi connectivity index (χ0v) is 21.5. The summed E-state index contributed by atoms with van der Waals surface area (Å²) in [5, 5.41) is 29.6. The number of hydrogen-bond donors (Lipinski definition) is 3. The first-order valence-corrected chi connectivity index (χ1v) is 14.4. The van der Waals surface area contributed by atoms with Gasteiger partial charge in [-0.2, -0.15) is 0 Å². The third-order valence-electron chi connectivity index (χ3n) is 6.97. The molecule has 9 atom stereocenters. The van der Waals surface area contributed by atoms with Crippen molar-refractivity contribution in [3.63, 3.8) is 0 Å². The smallest absolute Gasteiger partial charge is 0.314 e. The number of halogens is 1. The second-order valence-corrected chi connectivity index (χ2v) is 16.2. The number of hydrogen-bond acceptors (Lipinski definition) is 9. The van der Waals surface area contributed by atoms with Gasteiger partial charge < -0.3 is 38.7 Å². The molecule has 0 unspecified atom stereocenters. The number of carbonyl (C=O) groups is 1. The van der Waals surface area contributed by atoms with Gasteiger partial charge in [0.15, 0.2) is 20.4 Å². The number of cyclic esters (lactones) is 1. The van der Waals surface area contributed by atoms with E-state index in [1.165, 1.54) is 0 Å². The lowest BCUT2D eigenvalue weighted by Crippen LogP contribution is -2.50. The van der Waals surface area contributed by atoms with Crippen LogP contribution in [-0.4, -0.2) is 90.3 Å². The molecule has 0 amide bonds. The zero-order valence-electron chi connectivity index (χ0n) is 19.8. The molecule has 3 rings (SSSR count). The Morgan fingerprint density at radius 1 is 1.25 bits per heavy atom. The van der Waals surface area contributed by atoms with Crippen molar-refractivity contribution in [1.82, 2.24) is 0 Å². The predicted octanol–water partition coefficient (Wildman–Crippen LogP) is 1.51. The highest BCUT2D eigenvalue weighted by atomic mass is 35.5. The molecular formula is C21H37ClO9Si. The van der Waals surface area contributed by atoms with Gasteiger partial charge in [0, 0.05) is 6.42 Å². The summed E-state index contributed by atoms with van der Waals surface area (Å²) in [5.41, 5.74) is 0. The van der Waals surface area contributed by atoms with Crippen molar-refractivity contribution in [3.05, 3.63) is 0 Å². The van der Waals surface area contributed by atoms with Gasteiger partial charge in [-0.15, -0.1) is 11.6 Å². The van der Waals surface area contributed by atoms with E-state index in [9.17, 15) is 20.1 Å². The van der Waals surface area contributed by atoms with Crippen LogP contribution >= 0.6 is 11.6 Å². The standard InChI is InChI=1S/C21H37ClO9Si/c1-20(2,3)32(6,7)31-16-12(27-19-17(16)29-21(4,5)30-19)8-11(24)13-14(25)15(10(22)9-23)28-18(13)26/h10-17,19,23-25H,8-9H2,1-7H3/t10-,11-,12-,13+,14-,15-,16+,17-,19-/m1/s1. The van der Waals surface area contributed by atoms with Crippen LogP contribution in [-0.2, 0) is 28.2 Å². The number of rotatable bonds is 7. The van der Waals surface area contributed by atoms with Crippen LogP contribution in [0.2, 0.25) is 18.1 Å². The van der Waals surface area contributed by atoms with Gasteiger partial charge in [0.05, 0.1) is 24.2 Å². The highest BCUT2D eigenvalue weighted by molar-refractivity contribution is 6.74. The lowest BCUT2D eigenvalue weighted by atomic mass is 9.89. The van der Waals surface area contributed by atoms with Crippen LogP contribution in [0.4, 0.5) is 0 Å². The minimum Gasteiger partial charge on any atom is -0.458 e. The van der Waals surface area contributed by atoms with Crippen LogP contribution in [0, 0.1) is 5.92 Å². The first-order chi connectivity index (χ1) is 14.6. The van der Waals surface area contributed by atoms with Gasteiger partial charge in [-0.25, -0.2) is 0 Å². The molecule has 3 saturated heterocycles. The van der Waals surface area contributed by atoms with Crippen LogP contribution in [0.15, 0.2) is 0 Å². The second-order valence-electron chi connectivity index (χ2n) is 10.9. The Morgan fingerprint density at radius 2 is 1.88 bits per heavy atom. The molecule has 32 heavy (non-hydrogen) atoms. The number of fused-ring (bicyclic) bond motifs is 1. The Bertz CT molecular complexity index is 697. The van der Waals surface area contributed by atoms with Crippen LogP contribution < -0.4 is 0 Å². The largest absolute Gasteiger partial charge is 0.458 e. The number of aliphatic hydroxyl groups excluding tert-OH is 3. The number of carbonyl (C=O) groups excluding carboxylic acids is 1. The van der Waals surface area contributed by atoms with Gasteiger partial charge in [-0.1, -0.05) is 20.8 Å². The normalized spacial score (nSPS) is 39.1. The van der Waals surface area contributed by atoms with E-state index in [4.69, 9.17) is 35.0 Å². The molecule has 0 radical (unpaired) electrons. The fourth-order valence-electron chi connectivity index (χ4n) is 4.18. The lowest BCUT2D eigenvalue weighted by Gasteiger charge is -2.40. The van der Waals surface area contributed by atoms with E-state index in [-0.39, 0.29) is 11.5 Å². The Balaban J connectivity index is 1.77. The monoisotopic (exact) mass is 496 g/mol. The number of ether oxygens (including phenoxy) is 4. The van der Waals surface area contributed by atoms with Crippen molar-refractivity contribution < 1.29 is 43.5 Å². The molecule has 0 aromatic rings. The molecule has 0 aromatic heterocycles. The van der Waals surface area contributed by atoms with Crippen LogP contribution in [0.3, 0.4) is 0 Å². The van der Waals surface area contributed by atoms with E-state index in [0.29, 0.717) is 0 Å². The average Bonchev–Trinajstić information content (AvgIpc) is 3.21. The Morgan fingerprint density at radius 3 is 2.44 bits per heavy atom. The van der Waals surface area contributed by atoms with Gasteiger partial charge in [-0.3, -0.25) is 4.79 Å². The predicted molar refractivity (Wildman–Crippen MR) is 117 cm³/mol. The number of esters is 1. The molecule has 9 nitrogen and oxygen atoms in total. The first kappa shape index (κ1) is 26.3. The SMILES string of the molecule is CC1(C)O[C@H]2O[C@H](C[C@@H](O)[C@@H]3C(=O)O[C@H]([C@H](Cl)CO)[C@@H]3O)[C@H](O[Si](C)(C)C(C)(C)C)[C@H]2O1. The summed E-state index contributed by atoms with van der Waals surface area (Å²) in [4.78, 5) is 12.4. The van der Waals surface area contributed by atoms with Crippen molar-refractivity contribution in [2.45, 2.75) is 113 Å². The summed E-state index contributed by atoms with van der Waals surface area (Å²) in [5.74, 6) is -2.79. The van der Waals surface area contributed by atoms with E-state index in [1.807, 2.05) is 0 Å². The summed E-state index contributed by atoms with van der Waals surface area (Å²) < 4.78 is 29.8. The average molecular weight is 497 g/mol. The van der Waals surface area contributed by atoms with Crippen LogP contribution in [0.1, 0.15) is 41.0 Å². The zero-order chi connectivity index (χ0) is 24.2. The molecule has 3 fully saturated rings. The number of aliphatic hydroxyl groups is 3. The molecule has 0 aliphatic carbocycles. The Kier molecular flexibility index (Phi) is 7.44. The van der Waals surface area contributed by atoms with E-state index in [0.717, 1.165) is 0 Å². The Labute approximate surface area is 195 Å². The maximum absolute atomic E-state index is 12.4. The quantitative estimate of drug-likeness (QED) is 0.273. The van der Waals surface area contributed by atoms with Gasteiger partial charge in [0.1, 0.15) is 30.3 Å². The molecule has 3 aliphatic rings. The Hall–Kier alpha value is -0.303. The van der Waals surface area contributed by atoms with Crippen LogP contribution in [0.25, 0.3) is 0 Å². The van der Waals surface area contributed by atoms with E-state index in [2.05, 4.69) is 33.9 Å². The molecule has 186 valence electrons. The summed E-state index contributed by atoms with van der Waals surface area (Å²) in [6.07, 6.45) is -5.97. The van der Waals surface area contributed by atoms with Crippen molar-refractivity contribution >= 4 is 25.9 Å². The maximum Gasteiger partial charge on any atom is 0.314 e. The highest BCUT2D eigenvalue weighted by Crippen LogP contribution is 2.45. The fourth-order valence-corrected chi connectivity index (χ4v) is 5.70. The maximum atomic E-state index is 12.4. The molecule has 3 N–H and O–H groups in total. The summed E-state index contributed by atoms with van der Waals surface area (Å²) >= 11 is 5.96. The van der Waals surface area contributed by atoms with E-state index >= 15 is 0 Å². The fraction of sp³-hybridized carbons (Fsp3) is 0.952. The lowest BCUT2D eigenvalue weighted by molar-refractivity contribution is -0.217. The van der Waals surface area contributed by atoms with Gasteiger partial charge in [0.25, 0.3) is 0 Å². The summed E-state index contributed by atoms with van der Waals surface area (Å²) in [6.45, 7) is 13.7. The molecule has 0 bridgehead atoms. The molecule has 11 heteroatoms. The van der Waals surface area contributed by atoms with Crippen molar-refractivity contribution in [2.75, 3.05) is 6.61 Å². The van der Waals surface area contributed by atoms with Crippen LogP contribution in [0.5, 0.6) is 0 Å². The van der Waals surface area contributed by atoms with Gasteiger partial charge >= 0.3 is 5.97 Å². The van der Waals surface area contributed by atoms with Crippen molar-refractivity contribution in [2.24, 2.45) is 5.92 Å². The van der Waals surface area contributed by atoms with Gasteiger partial charge in [0.2, 0.25) is 0 Å². The second kappa shape index (κ2) is 9.05. The molecule has 3 heterocycles. The highest BCUT2D eigenvalue weighted by Gasteiger charge is 2.59. The first-order valence-electron chi connectivity index (χ1n) is 11.1. The summed E-state index contributed by atoms with van der Waals surface area (Å²) in [6, 6.07) is 0. The molecule has 0 spiro atoms. The molecular weight excluding hydrogens is 460 g/mol. The van der Waals surface area contributed by atoms with Crippen molar-refractivity contribution in [1.29, 1.82) is 0 Å². The van der Waals surface area contributed by atoms with Crippen molar-refractivity contribution in [3.8, 4) is 0 Å². The molecule has 0 saturated carbocycles. The van der Waals surface area contributed by atoms with E-state index in [1.54, 1.807) is 13.8 Å². The van der Waals surface area contributed by atoms with E-state index < -0.39 is 80.9 Å². The third-order valence-corrected chi connectivity index (χ3v) is 11.8. The van der Waals surface area contributed by atoms with Gasteiger partial charge in [-0.05, 0) is 32.0 Å². The minimum absolute atomic E-state index is 0.00899. The number of alkyl halides is 1. The summed E-state index contributed by atoms with van der Waals surface area (Å²) in [7, 11) is -2.24.